The van der Waals surface area contributed by atoms with E-state index < -0.39 is 0 Å². The summed E-state index contributed by atoms with van der Waals surface area (Å²) in [4.78, 5) is 2.42. The molecule has 0 radical (unpaired) electrons. The second kappa shape index (κ2) is 9.91. The summed E-state index contributed by atoms with van der Waals surface area (Å²) in [5, 5.41) is 0. The maximum absolute atomic E-state index is 5.94. The van der Waals surface area contributed by atoms with Crippen molar-refractivity contribution < 1.29 is 9.47 Å². The molecule has 10 rings (SSSR count). The highest BCUT2D eigenvalue weighted by Gasteiger charge is 2.55. The van der Waals surface area contributed by atoms with Crippen LogP contribution >= 0.6 is 0 Å². The van der Waals surface area contributed by atoms with Gasteiger partial charge in [0.25, 0.3) is 0 Å². The molecule has 6 aromatic carbocycles. The lowest BCUT2D eigenvalue weighted by molar-refractivity contribution is 0.174. The van der Waals surface area contributed by atoms with Crippen molar-refractivity contribution in [3.05, 3.63) is 160 Å². The first-order valence-corrected chi connectivity index (χ1v) is 17.9. The summed E-state index contributed by atoms with van der Waals surface area (Å²) in [5.74, 6) is 1.57. The van der Waals surface area contributed by atoms with E-state index in [2.05, 4.69) is 156 Å². The average Bonchev–Trinajstić information content (AvgIpc) is 3.82. The normalized spacial score (nSPS) is 19.2. The quantitative estimate of drug-likeness (QED) is 0.190. The summed E-state index contributed by atoms with van der Waals surface area (Å²) in [5.41, 5.74) is 19.7. The zero-order valence-electron chi connectivity index (χ0n) is 29.6. The van der Waals surface area contributed by atoms with E-state index in [0.717, 1.165) is 35.0 Å². The molecule has 0 fully saturated rings. The average molecular weight is 652 g/mol. The summed E-state index contributed by atoms with van der Waals surface area (Å²) >= 11 is 0. The molecule has 50 heavy (non-hydrogen) atoms. The van der Waals surface area contributed by atoms with E-state index in [4.69, 9.17) is 9.47 Å². The number of anilines is 3. The zero-order chi connectivity index (χ0) is 34.2. The minimum atomic E-state index is -0.237. The molecule has 6 aromatic rings. The monoisotopic (exact) mass is 651 g/mol. The molecule has 4 aliphatic rings. The second-order valence-corrected chi connectivity index (χ2v) is 16.0. The molecule has 1 heterocycles. The fraction of sp³-hybridized carbons (Fsp3) is 0.234. The topological polar surface area (TPSA) is 21.7 Å². The van der Waals surface area contributed by atoms with Gasteiger partial charge in [-0.3, -0.25) is 0 Å². The van der Waals surface area contributed by atoms with Gasteiger partial charge in [-0.25, -0.2) is 0 Å². The summed E-state index contributed by atoms with van der Waals surface area (Å²) in [6.45, 7) is 14.5. The molecule has 0 saturated heterocycles. The van der Waals surface area contributed by atoms with Gasteiger partial charge in [-0.2, -0.15) is 0 Å². The van der Waals surface area contributed by atoms with Crippen LogP contribution in [0.2, 0.25) is 0 Å². The molecule has 0 bridgehead atoms. The first kappa shape index (κ1) is 29.6. The van der Waals surface area contributed by atoms with E-state index in [0.29, 0.717) is 0 Å². The van der Waals surface area contributed by atoms with Gasteiger partial charge >= 0.3 is 0 Å². The van der Waals surface area contributed by atoms with Crippen molar-refractivity contribution in [2.75, 3.05) is 11.7 Å². The van der Waals surface area contributed by atoms with Crippen LogP contribution in [0.4, 0.5) is 17.1 Å². The third-order valence-electron chi connectivity index (χ3n) is 12.3. The molecule has 0 amide bonds. The van der Waals surface area contributed by atoms with Gasteiger partial charge in [-0.1, -0.05) is 100 Å². The lowest BCUT2D eigenvalue weighted by Crippen LogP contribution is -2.27. The molecule has 0 saturated carbocycles. The third kappa shape index (κ3) is 3.75. The van der Waals surface area contributed by atoms with Gasteiger partial charge in [-0.15, -0.1) is 0 Å². The molecule has 1 unspecified atom stereocenters. The van der Waals surface area contributed by atoms with E-state index in [1.165, 1.54) is 66.8 Å². The van der Waals surface area contributed by atoms with Crippen molar-refractivity contribution >= 4 is 17.1 Å². The smallest absolute Gasteiger partial charge is 0.231 e. The van der Waals surface area contributed by atoms with Crippen molar-refractivity contribution in [1.29, 1.82) is 0 Å². The van der Waals surface area contributed by atoms with Crippen LogP contribution in [0.5, 0.6) is 11.5 Å². The van der Waals surface area contributed by atoms with Crippen molar-refractivity contribution in [3.63, 3.8) is 0 Å². The van der Waals surface area contributed by atoms with Gasteiger partial charge < -0.3 is 14.4 Å². The highest BCUT2D eigenvalue weighted by molar-refractivity contribution is 5.90. The van der Waals surface area contributed by atoms with Crippen molar-refractivity contribution in [1.82, 2.24) is 0 Å². The maximum atomic E-state index is 5.94. The van der Waals surface area contributed by atoms with Gasteiger partial charge in [0.2, 0.25) is 6.79 Å². The van der Waals surface area contributed by atoms with Gasteiger partial charge in [-0.05, 0) is 129 Å². The van der Waals surface area contributed by atoms with E-state index in [1.54, 1.807) is 0 Å². The van der Waals surface area contributed by atoms with Crippen LogP contribution in [0, 0.1) is 13.8 Å². The highest BCUT2D eigenvalue weighted by Crippen LogP contribution is 2.64. The third-order valence-corrected chi connectivity index (χ3v) is 12.3. The number of rotatable bonds is 3. The molecule has 246 valence electrons. The Labute approximate surface area is 295 Å². The fourth-order valence-electron chi connectivity index (χ4n) is 10.3. The Kier molecular flexibility index (Phi) is 5.87. The largest absolute Gasteiger partial charge is 0.454 e. The van der Waals surface area contributed by atoms with Crippen molar-refractivity contribution in [2.45, 2.75) is 64.2 Å². The standard InChI is InChI=1S/C47H41NO2/c1-28-15-16-29(2)44-43(28)45(3,4)26-47(44)38-14-10-8-12-34(38)36-21-18-31(24-40(36)47)48(32-19-22-41-42(25-32)50-27-49-41)30-17-20-35-33-11-7-9-13-37(33)46(5,6)39(35)23-30/h7-25H,26-27H2,1-6H3. The van der Waals surface area contributed by atoms with Crippen LogP contribution in [0.3, 0.4) is 0 Å². The number of nitrogens with zero attached hydrogens (tertiary/aromatic N) is 1. The molecule has 0 N–H and O–H groups in total. The molecule has 3 nitrogen and oxygen atoms in total. The Balaban J connectivity index is 1.22. The number of ether oxygens (including phenoxy) is 2. The molecule has 1 atom stereocenters. The van der Waals surface area contributed by atoms with Gasteiger partial charge in [0.1, 0.15) is 0 Å². The van der Waals surface area contributed by atoms with Crippen LogP contribution < -0.4 is 14.4 Å². The number of hydrogen-bond donors (Lipinski definition) is 0. The number of hydrogen-bond acceptors (Lipinski definition) is 3. The minimum Gasteiger partial charge on any atom is -0.454 e. The zero-order valence-corrected chi connectivity index (χ0v) is 29.6. The summed E-state index contributed by atoms with van der Waals surface area (Å²) in [6.07, 6.45) is 1.03. The predicted octanol–water partition coefficient (Wildman–Crippen LogP) is 11.8. The van der Waals surface area contributed by atoms with Crippen molar-refractivity contribution in [2.24, 2.45) is 0 Å². The molecular formula is C47H41NO2. The molecule has 3 aliphatic carbocycles. The lowest BCUT2D eigenvalue weighted by atomic mass is 9.70. The molecule has 1 spiro atoms. The van der Waals surface area contributed by atoms with Gasteiger partial charge in [0, 0.05) is 28.3 Å². The summed E-state index contributed by atoms with van der Waals surface area (Å²) < 4.78 is 11.7. The molecule has 1 aliphatic heterocycles. The number of fused-ring (bicyclic) bond motifs is 11. The SMILES string of the molecule is Cc1ccc(C)c2c1C(C)(C)CC21c2ccccc2-c2ccc(N(c3ccc4c(c3)OCO4)c3ccc4c(c3)C(C)(C)c3ccccc3-4)cc21. The van der Waals surface area contributed by atoms with Crippen LogP contribution in [-0.4, -0.2) is 6.79 Å². The molecular weight excluding hydrogens is 611 g/mol. The van der Waals surface area contributed by atoms with E-state index in [-0.39, 0.29) is 23.0 Å². The first-order chi connectivity index (χ1) is 24.1. The van der Waals surface area contributed by atoms with Gasteiger partial charge in [0.05, 0.1) is 5.69 Å². The predicted molar refractivity (Wildman–Crippen MR) is 204 cm³/mol. The van der Waals surface area contributed by atoms with E-state index in [1.807, 2.05) is 6.07 Å². The Bertz CT molecular complexity index is 2430. The Morgan fingerprint density at radius 3 is 1.78 bits per heavy atom. The molecule has 0 aromatic heterocycles. The second-order valence-electron chi connectivity index (χ2n) is 16.0. The van der Waals surface area contributed by atoms with Crippen molar-refractivity contribution in [3.8, 4) is 33.8 Å². The van der Waals surface area contributed by atoms with Crippen LogP contribution in [0.15, 0.2) is 115 Å². The van der Waals surface area contributed by atoms with Crippen LogP contribution in [0.25, 0.3) is 22.3 Å². The van der Waals surface area contributed by atoms with E-state index >= 15 is 0 Å². The maximum Gasteiger partial charge on any atom is 0.231 e. The lowest BCUT2D eigenvalue weighted by Gasteiger charge is -2.33. The highest BCUT2D eigenvalue weighted by atomic mass is 16.7. The van der Waals surface area contributed by atoms with Crippen LogP contribution in [0.1, 0.15) is 78.6 Å². The first-order valence-electron chi connectivity index (χ1n) is 17.9. The molecule has 3 heteroatoms. The summed E-state index contributed by atoms with van der Waals surface area (Å²) in [6, 6.07) is 43.2. The Morgan fingerprint density at radius 1 is 0.500 bits per heavy atom. The van der Waals surface area contributed by atoms with Crippen LogP contribution in [-0.2, 0) is 16.2 Å². The van der Waals surface area contributed by atoms with E-state index in [9.17, 15) is 0 Å². The minimum absolute atomic E-state index is 0.0216. The fourth-order valence-corrected chi connectivity index (χ4v) is 10.3. The number of aryl methyl sites for hydroxylation is 2. The van der Waals surface area contributed by atoms with Gasteiger partial charge in [0.15, 0.2) is 11.5 Å². The summed E-state index contributed by atoms with van der Waals surface area (Å²) in [7, 11) is 0. The Morgan fingerprint density at radius 2 is 1.04 bits per heavy atom. The Hall–Kier alpha value is -5.28. The number of benzene rings is 6.